The number of rotatable bonds is 6. The number of aryl methyl sites for hydroxylation is 2. The van der Waals surface area contributed by atoms with Gasteiger partial charge in [-0.05, 0) is 48.9 Å². The Morgan fingerprint density at radius 3 is 2.08 bits per heavy atom. The molecule has 1 aliphatic rings. The van der Waals surface area contributed by atoms with Crippen LogP contribution in [-0.4, -0.2) is 18.6 Å². The van der Waals surface area contributed by atoms with Gasteiger partial charge in [0.2, 0.25) is 11.9 Å². The molecule has 5 nitrogen and oxygen atoms in total. The zero-order chi connectivity index (χ0) is 16.8. The van der Waals surface area contributed by atoms with Crippen LogP contribution in [0.3, 0.4) is 0 Å². The van der Waals surface area contributed by atoms with Crippen LogP contribution in [0.25, 0.3) is 0 Å². The van der Waals surface area contributed by atoms with Crippen molar-refractivity contribution in [2.75, 3.05) is 11.6 Å². The molecule has 0 saturated carbocycles. The fraction of sp³-hybridized carbons (Fsp3) is 0.263. The van der Waals surface area contributed by atoms with E-state index < -0.39 is 0 Å². The number of benzene rings is 2. The molecule has 0 aromatic heterocycles. The van der Waals surface area contributed by atoms with Crippen LogP contribution in [-0.2, 0) is 12.8 Å². The third kappa shape index (κ3) is 4.13. The van der Waals surface area contributed by atoms with Crippen molar-refractivity contribution in [3.8, 4) is 0 Å². The summed E-state index contributed by atoms with van der Waals surface area (Å²) in [7, 11) is 0. The van der Waals surface area contributed by atoms with Crippen LogP contribution in [0.1, 0.15) is 24.0 Å². The SMILES string of the molecule is NC1=NCN(c2ccc(CCCCc3ccccc3)cc2)C(N)=N1. The van der Waals surface area contributed by atoms with Crippen LogP contribution in [0.15, 0.2) is 64.6 Å². The van der Waals surface area contributed by atoms with Crippen LogP contribution in [0.5, 0.6) is 0 Å². The number of aliphatic imine (C=N–C) groups is 2. The van der Waals surface area contributed by atoms with Crippen LogP contribution in [0.4, 0.5) is 5.69 Å². The van der Waals surface area contributed by atoms with Gasteiger partial charge in [-0.1, -0.05) is 42.5 Å². The number of nitrogens with zero attached hydrogens (tertiary/aromatic N) is 3. The molecule has 0 saturated heterocycles. The third-order valence-corrected chi connectivity index (χ3v) is 4.15. The molecule has 124 valence electrons. The van der Waals surface area contributed by atoms with E-state index in [1.54, 1.807) is 0 Å². The standard InChI is InChI=1S/C19H23N5/c20-18-22-14-24(19(21)23-18)17-12-10-16(11-13-17)9-5-4-8-15-6-2-1-3-7-15/h1-3,6-7,10-13H,4-5,8-9,14H2,(H4,20,21,22,23). The number of hydrogen-bond acceptors (Lipinski definition) is 5. The highest BCUT2D eigenvalue weighted by atomic mass is 15.4. The number of anilines is 1. The first-order valence-corrected chi connectivity index (χ1v) is 8.27. The Balaban J connectivity index is 1.49. The van der Waals surface area contributed by atoms with Gasteiger partial charge >= 0.3 is 0 Å². The number of nitrogens with two attached hydrogens (primary N) is 2. The van der Waals surface area contributed by atoms with E-state index >= 15 is 0 Å². The lowest BCUT2D eigenvalue weighted by atomic mass is 10.0. The Labute approximate surface area is 142 Å². The summed E-state index contributed by atoms with van der Waals surface area (Å²) in [6.45, 7) is 0.414. The van der Waals surface area contributed by atoms with E-state index in [-0.39, 0.29) is 5.96 Å². The van der Waals surface area contributed by atoms with Crippen molar-refractivity contribution in [1.82, 2.24) is 0 Å². The molecular formula is C19H23N5. The Morgan fingerprint density at radius 1 is 0.833 bits per heavy atom. The van der Waals surface area contributed by atoms with E-state index in [4.69, 9.17) is 11.5 Å². The molecule has 5 heteroatoms. The number of unbranched alkanes of at least 4 members (excludes halogenated alkanes) is 1. The van der Waals surface area contributed by atoms with Gasteiger partial charge < -0.3 is 11.5 Å². The average molecular weight is 321 g/mol. The molecule has 1 aliphatic heterocycles. The summed E-state index contributed by atoms with van der Waals surface area (Å²) in [5.74, 6) is 0.622. The second-order valence-corrected chi connectivity index (χ2v) is 5.91. The van der Waals surface area contributed by atoms with Gasteiger partial charge in [0.1, 0.15) is 6.67 Å². The quantitative estimate of drug-likeness (QED) is 0.803. The van der Waals surface area contributed by atoms with Crippen LogP contribution in [0.2, 0.25) is 0 Å². The van der Waals surface area contributed by atoms with Gasteiger partial charge in [0.15, 0.2) is 0 Å². The van der Waals surface area contributed by atoms with Gasteiger partial charge in [-0.2, -0.15) is 4.99 Å². The van der Waals surface area contributed by atoms with Gasteiger partial charge in [-0.3, -0.25) is 4.90 Å². The fourth-order valence-electron chi connectivity index (χ4n) is 2.79. The van der Waals surface area contributed by atoms with E-state index in [2.05, 4.69) is 64.6 Å². The Bertz CT molecular complexity index is 719. The van der Waals surface area contributed by atoms with Gasteiger partial charge in [-0.15, -0.1) is 0 Å². The summed E-state index contributed by atoms with van der Waals surface area (Å²) in [5, 5.41) is 0. The van der Waals surface area contributed by atoms with Crippen molar-refractivity contribution in [1.29, 1.82) is 0 Å². The van der Waals surface area contributed by atoms with E-state index in [9.17, 15) is 0 Å². The minimum atomic E-state index is 0.235. The Kier molecular flexibility index (Phi) is 5.11. The minimum Gasteiger partial charge on any atom is -0.369 e. The maximum atomic E-state index is 5.91. The monoisotopic (exact) mass is 321 g/mol. The Morgan fingerprint density at radius 2 is 1.46 bits per heavy atom. The lowest BCUT2D eigenvalue weighted by Crippen LogP contribution is -2.42. The van der Waals surface area contributed by atoms with Crippen molar-refractivity contribution < 1.29 is 0 Å². The highest BCUT2D eigenvalue weighted by molar-refractivity contribution is 6.04. The molecule has 1 heterocycles. The molecule has 24 heavy (non-hydrogen) atoms. The first-order chi connectivity index (χ1) is 11.7. The molecule has 0 aliphatic carbocycles. The van der Waals surface area contributed by atoms with Crippen LogP contribution < -0.4 is 16.4 Å². The molecule has 0 radical (unpaired) electrons. The number of hydrogen-bond donors (Lipinski definition) is 2. The lowest BCUT2D eigenvalue weighted by molar-refractivity contribution is 0.734. The summed E-state index contributed by atoms with van der Waals surface area (Å²) in [6, 6.07) is 19.0. The van der Waals surface area contributed by atoms with E-state index in [0.29, 0.717) is 12.6 Å². The highest BCUT2D eigenvalue weighted by Crippen LogP contribution is 2.18. The number of guanidine groups is 2. The second-order valence-electron chi connectivity index (χ2n) is 5.91. The molecular weight excluding hydrogens is 298 g/mol. The van der Waals surface area contributed by atoms with Gasteiger partial charge in [0.05, 0.1) is 0 Å². The molecule has 3 rings (SSSR count). The van der Waals surface area contributed by atoms with E-state index in [1.807, 2.05) is 4.90 Å². The molecule has 0 fully saturated rings. The zero-order valence-electron chi connectivity index (χ0n) is 13.7. The lowest BCUT2D eigenvalue weighted by Gasteiger charge is -2.24. The van der Waals surface area contributed by atoms with Crippen molar-refractivity contribution in [2.45, 2.75) is 25.7 Å². The molecule has 0 amide bonds. The van der Waals surface area contributed by atoms with Crippen LogP contribution in [0, 0.1) is 0 Å². The van der Waals surface area contributed by atoms with Gasteiger partial charge in [-0.25, -0.2) is 4.99 Å². The van der Waals surface area contributed by atoms with Crippen molar-refractivity contribution >= 4 is 17.6 Å². The van der Waals surface area contributed by atoms with Gasteiger partial charge in [0, 0.05) is 5.69 Å². The second kappa shape index (κ2) is 7.64. The fourth-order valence-corrected chi connectivity index (χ4v) is 2.79. The molecule has 2 aromatic carbocycles. The predicted molar refractivity (Wildman–Crippen MR) is 100 cm³/mol. The molecule has 0 spiro atoms. The summed E-state index contributed by atoms with van der Waals surface area (Å²) in [5.41, 5.74) is 15.2. The topological polar surface area (TPSA) is 80.0 Å². The van der Waals surface area contributed by atoms with Crippen molar-refractivity contribution in [3.05, 3.63) is 65.7 Å². The molecule has 0 unspecified atom stereocenters. The summed E-state index contributed by atoms with van der Waals surface area (Å²) in [4.78, 5) is 9.95. The first kappa shape index (κ1) is 16.1. The van der Waals surface area contributed by atoms with E-state index in [0.717, 1.165) is 18.5 Å². The summed E-state index contributed by atoms with van der Waals surface area (Å²) >= 11 is 0. The minimum absolute atomic E-state index is 0.235. The maximum absolute atomic E-state index is 5.91. The first-order valence-electron chi connectivity index (χ1n) is 8.27. The molecule has 4 N–H and O–H groups in total. The maximum Gasteiger partial charge on any atom is 0.220 e. The Hall–Kier alpha value is -2.82. The highest BCUT2D eigenvalue weighted by Gasteiger charge is 2.14. The third-order valence-electron chi connectivity index (χ3n) is 4.15. The predicted octanol–water partition coefficient (Wildman–Crippen LogP) is 2.66. The summed E-state index contributed by atoms with van der Waals surface area (Å²) < 4.78 is 0. The zero-order valence-corrected chi connectivity index (χ0v) is 13.7. The molecule has 2 aromatic rings. The largest absolute Gasteiger partial charge is 0.369 e. The average Bonchev–Trinajstić information content (AvgIpc) is 2.60. The molecule has 0 bridgehead atoms. The van der Waals surface area contributed by atoms with E-state index in [1.165, 1.54) is 24.0 Å². The van der Waals surface area contributed by atoms with Crippen molar-refractivity contribution in [3.63, 3.8) is 0 Å². The normalized spacial score (nSPS) is 14.2. The van der Waals surface area contributed by atoms with Gasteiger partial charge in [0.25, 0.3) is 0 Å². The van der Waals surface area contributed by atoms with Crippen molar-refractivity contribution in [2.24, 2.45) is 21.5 Å². The summed E-state index contributed by atoms with van der Waals surface area (Å²) in [6.07, 6.45) is 4.61. The molecule has 0 atom stereocenters. The van der Waals surface area contributed by atoms with Crippen LogP contribution >= 0.6 is 0 Å². The smallest absolute Gasteiger partial charge is 0.220 e.